The van der Waals surface area contributed by atoms with Crippen LogP contribution in [-0.4, -0.2) is 48.6 Å². The highest BCUT2D eigenvalue weighted by Crippen LogP contribution is 2.47. The van der Waals surface area contributed by atoms with Gasteiger partial charge in [-0.05, 0) is 57.1 Å². The number of rotatable bonds is 8. The second-order valence-electron chi connectivity index (χ2n) is 8.62. The van der Waals surface area contributed by atoms with E-state index in [0.717, 1.165) is 38.0 Å². The van der Waals surface area contributed by atoms with Crippen molar-refractivity contribution in [2.24, 2.45) is 0 Å². The summed E-state index contributed by atoms with van der Waals surface area (Å²) in [7, 11) is 0. The number of alkyl halides is 3. The first-order valence-electron chi connectivity index (χ1n) is 11.0. The van der Waals surface area contributed by atoms with Gasteiger partial charge in [-0.1, -0.05) is 23.7 Å². The molecule has 192 valence electrons. The van der Waals surface area contributed by atoms with Gasteiger partial charge in [0, 0.05) is 23.5 Å². The molecule has 2 aromatic rings. The molecule has 0 saturated carbocycles. The maximum absolute atomic E-state index is 12.7. The predicted molar refractivity (Wildman–Crippen MR) is 126 cm³/mol. The summed E-state index contributed by atoms with van der Waals surface area (Å²) < 4.78 is 53.9. The zero-order valence-corrected chi connectivity index (χ0v) is 20.3. The van der Waals surface area contributed by atoms with Crippen LogP contribution in [0.2, 0.25) is 5.02 Å². The van der Waals surface area contributed by atoms with E-state index in [2.05, 4.69) is 9.64 Å². The van der Waals surface area contributed by atoms with Crippen LogP contribution in [0.4, 0.5) is 13.2 Å². The molecule has 2 aliphatic heterocycles. The number of benzene rings is 2. The highest BCUT2D eigenvalue weighted by Gasteiger charge is 2.43. The van der Waals surface area contributed by atoms with Crippen molar-refractivity contribution in [1.29, 1.82) is 0 Å². The van der Waals surface area contributed by atoms with Crippen LogP contribution >= 0.6 is 24.0 Å². The van der Waals surface area contributed by atoms with Crippen LogP contribution < -0.4 is 14.2 Å². The van der Waals surface area contributed by atoms with Crippen LogP contribution in [0.15, 0.2) is 36.4 Å². The fourth-order valence-electron chi connectivity index (χ4n) is 4.57. The number of nitrogens with zero attached hydrogens (tertiary/aromatic N) is 1. The third-order valence-corrected chi connectivity index (χ3v) is 6.75. The maximum Gasteiger partial charge on any atom is 0.573 e. The molecule has 0 atom stereocenters. The van der Waals surface area contributed by atoms with Crippen LogP contribution in [0.3, 0.4) is 0 Å². The molecule has 2 heterocycles. The molecule has 1 saturated heterocycles. The molecule has 1 N–H and O–H groups in total. The lowest BCUT2D eigenvalue weighted by Gasteiger charge is -2.38. The molecule has 0 aliphatic carbocycles. The number of carboxylic acid groups (broad SMARTS) is 1. The quantitative estimate of drug-likeness (QED) is 0.458. The Labute approximate surface area is 212 Å². The smallest absolute Gasteiger partial charge is 0.492 e. The number of carboxylic acids is 1. The molecule has 2 aliphatic rings. The highest BCUT2D eigenvalue weighted by atomic mass is 35.5. The lowest BCUT2D eigenvalue weighted by atomic mass is 9.74. The standard InChI is InChI=1S/C24H25ClF3NO5.ClH/c25-19-3-1-4-20(34-24(26,27)28)17(19)14-32-16-6-7-18-21(13-16)33-15-23(18)8-11-29(12-9-23)10-2-5-22(30)31;/h1,3-4,6-7,13H,2,5,8-12,14-15H2,(H,30,31);1H. The van der Waals surface area contributed by atoms with Gasteiger partial charge in [0.05, 0.1) is 17.2 Å². The van der Waals surface area contributed by atoms with Gasteiger partial charge in [0.2, 0.25) is 0 Å². The number of hydrogen-bond donors (Lipinski definition) is 1. The van der Waals surface area contributed by atoms with Gasteiger partial charge in [0.15, 0.2) is 0 Å². The third-order valence-electron chi connectivity index (χ3n) is 6.39. The predicted octanol–water partition coefficient (Wildman–Crippen LogP) is 5.83. The summed E-state index contributed by atoms with van der Waals surface area (Å²) in [5.41, 5.74) is 1.12. The maximum atomic E-state index is 12.7. The van der Waals surface area contributed by atoms with E-state index in [1.807, 2.05) is 6.07 Å². The number of aliphatic carboxylic acids is 1. The SMILES string of the molecule is Cl.O=C(O)CCCN1CCC2(CC1)COc1cc(OCc3c(Cl)cccc3OC(F)(F)F)ccc12. The van der Waals surface area contributed by atoms with E-state index in [1.54, 1.807) is 12.1 Å². The van der Waals surface area contributed by atoms with Crippen LogP contribution in [0.25, 0.3) is 0 Å². The topological polar surface area (TPSA) is 68.2 Å². The summed E-state index contributed by atoms with van der Waals surface area (Å²) >= 11 is 6.09. The Morgan fingerprint density at radius 1 is 1.20 bits per heavy atom. The van der Waals surface area contributed by atoms with Crippen molar-refractivity contribution in [2.45, 2.75) is 44.1 Å². The van der Waals surface area contributed by atoms with Crippen molar-refractivity contribution >= 4 is 30.0 Å². The Morgan fingerprint density at radius 2 is 1.94 bits per heavy atom. The Kier molecular flexibility index (Phi) is 8.67. The summed E-state index contributed by atoms with van der Waals surface area (Å²) in [5.74, 6) is -0.00252. The molecule has 6 nitrogen and oxygen atoms in total. The van der Waals surface area contributed by atoms with Crippen LogP contribution in [0.1, 0.15) is 36.8 Å². The largest absolute Gasteiger partial charge is 0.573 e. The average molecular weight is 536 g/mol. The van der Waals surface area contributed by atoms with E-state index in [4.69, 9.17) is 26.2 Å². The van der Waals surface area contributed by atoms with Crippen molar-refractivity contribution in [2.75, 3.05) is 26.2 Å². The number of ether oxygens (including phenoxy) is 3. The Balaban J connectivity index is 0.00000342. The Bertz CT molecular complexity index is 1040. The van der Waals surface area contributed by atoms with Crippen LogP contribution in [0.5, 0.6) is 17.2 Å². The summed E-state index contributed by atoms with van der Waals surface area (Å²) in [6.45, 7) is 2.87. The molecule has 0 amide bonds. The van der Waals surface area contributed by atoms with Gasteiger partial charge in [-0.3, -0.25) is 4.79 Å². The normalized spacial score (nSPS) is 16.8. The fraction of sp³-hybridized carbons (Fsp3) is 0.458. The van der Waals surface area contributed by atoms with Crippen molar-refractivity contribution in [3.05, 3.63) is 52.5 Å². The second-order valence-corrected chi connectivity index (χ2v) is 9.03. The average Bonchev–Trinajstić information content (AvgIpc) is 3.11. The summed E-state index contributed by atoms with van der Waals surface area (Å²) in [4.78, 5) is 13.0. The lowest BCUT2D eigenvalue weighted by molar-refractivity contribution is -0.275. The number of hydrogen-bond acceptors (Lipinski definition) is 5. The molecular formula is C24H26Cl2F3NO5. The van der Waals surface area contributed by atoms with E-state index in [0.29, 0.717) is 24.5 Å². The molecule has 4 rings (SSSR count). The first kappa shape index (κ1) is 27.2. The fourth-order valence-corrected chi connectivity index (χ4v) is 4.79. The summed E-state index contributed by atoms with van der Waals surface area (Å²) in [6, 6.07) is 9.55. The van der Waals surface area contributed by atoms with E-state index in [9.17, 15) is 18.0 Å². The monoisotopic (exact) mass is 535 g/mol. The van der Waals surface area contributed by atoms with Gasteiger partial charge in [0.1, 0.15) is 23.9 Å². The summed E-state index contributed by atoms with van der Waals surface area (Å²) in [5, 5.41) is 8.93. The molecule has 1 spiro atoms. The first-order chi connectivity index (χ1) is 16.2. The first-order valence-corrected chi connectivity index (χ1v) is 11.4. The van der Waals surface area contributed by atoms with E-state index < -0.39 is 18.1 Å². The van der Waals surface area contributed by atoms with Gasteiger partial charge in [-0.15, -0.1) is 25.6 Å². The van der Waals surface area contributed by atoms with E-state index in [-0.39, 0.29) is 41.4 Å². The minimum absolute atomic E-state index is 0. The van der Waals surface area contributed by atoms with Gasteiger partial charge >= 0.3 is 12.3 Å². The zero-order chi connectivity index (χ0) is 24.3. The number of halogens is 5. The number of piperidine rings is 1. The van der Waals surface area contributed by atoms with E-state index in [1.165, 1.54) is 18.2 Å². The van der Waals surface area contributed by atoms with Crippen molar-refractivity contribution in [3.63, 3.8) is 0 Å². The third kappa shape index (κ3) is 6.65. The summed E-state index contributed by atoms with van der Waals surface area (Å²) in [6.07, 6.45) is -2.21. The van der Waals surface area contributed by atoms with Crippen LogP contribution in [-0.2, 0) is 16.8 Å². The molecular weight excluding hydrogens is 510 g/mol. The molecule has 1 fully saturated rings. The number of fused-ring (bicyclic) bond motifs is 2. The molecule has 0 unspecified atom stereocenters. The van der Waals surface area contributed by atoms with Crippen molar-refractivity contribution in [1.82, 2.24) is 4.90 Å². The van der Waals surface area contributed by atoms with Gasteiger partial charge in [-0.25, -0.2) is 0 Å². The number of likely N-dealkylation sites (tertiary alicyclic amines) is 1. The Hall–Kier alpha value is -2.36. The minimum Gasteiger partial charge on any atom is -0.492 e. The van der Waals surface area contributed by atoms with Gasteiger partial charge in [-0.2, -0.15) is 0 Å². The molecule has 0 bridgehead atoms. The molecule has 11 heteroatoms. The van der Waals surface area contributed by atoms with E-state index >= 15 is 0 Å². The second kappa shape index (κ2) is 11.1. The Morgan fingerprint density at radius 3 is 2.63 bits per heavy atom. The molecule has 0 radical (unpaired) electrons. The van der Waals surface area contributed by atoms with Crippen molar-refractivity contribution < 1.29 is 37.3 Å². The van der Waals surface area contributed by atoms with Crippen LogP contribution in [0, 0.1) is 0 Å². The molecule has 35 heavy (non-hydrogen) atoms. The number of carbonyl (C=O) groups is 1. The molecule has 2 aromatic carbocycles. The van der Waals surface area contributed by atoms with Crippen molar-refractivity contribution in [3.8, 4) is 17.2 Å². The zero-order valence-electron chi connectivity index (χ0n) is 18.8. The van der Waals surface area contributed by atoms with Gasteiger partial charge < -0.3 is 24.2 Å². The molecule has 0 aromatic heterocycles. The van der Waals surface area contributed by atoms with Gasteiger partial charge in [0.25, 0.3) is 0 Å². The highest BCUT2D eigenvalue weighted by molar-refractivity contribution is 6.31. The lowest BCUT2D eigenvalue weighted by Crippen LogP contribution is -2.43. The minimum atomic E-state index is -4.83.